The van der Waals surface area contributed by atoms with Crippen LogP contribution in [0.5, 0.6) is 5.75 Å². The molecule has 1 saturated heterocycles. The average molecular weight is 490 g/mol. The Morgan fingerprint density at radius 1 is 1.25 bits per heavy atom. The van der Waals surface area contributed by atoms with Crippen molar-refractivity contribution in [1.29, 1.82) is 0 Å². The molecule has 1 amide bonds. The van der Waals surface area contributed by atoms with Crippen LogP contribution in [0.1, 0.15) is 28.8 Å². The molecule has 2 N–H and O–H groups in total. The maximum atomic E-state index is 14.3. The fourth-order valence-electron chi connectivity index (χ4n) is 4.48. The number of amides is 1. The largest absolute Gasteiger partial charge is 0.494 e. The standard InChI is InChI=1S/C27H28FN5O3/c1-17-12-20(6-7-21(17)27(34)31-14-18-4-3-11-36-16-18)32-25-26-30-15-23(33(26)10-9-29-25)19-5-8-24(35-2)22(28)13-19/h5-10,12-13,15,18H,3-4,11,14,16H2,1-2H3,(H,29,32)(H,31,34). The van der Waals surface area contributed by atoms with Crippen LogP contribution in [-0.4, -0.2) is 47.1 Å². The Hall–Kier alpha value is -3.98. The van der Waals surface area contributed by atoms with Crippen LogP contribution in [-0.2, 0) is 4.74 Å². The number of rotatable bonds is 7. The van der Waals surface area contributed by atoms with Crippen LogP contribution >= 0.6 is 0 Å². The van der Waals surface area contributed by atoms with Crippen molar-refractivity contribution in [2.75, 3.05) is 32.2 Å². The number of halogens is 1. The first-order valence-corrected chi connectivity index (χ1v) is 11.9. The molecule has 0 spiro atoms. The number of ether oxygens (including phenoxy) is 2. The van der Waals surface area contributed by atoms with E-state index >= 15 is 0 Å². The average Bonchev–Trinajstić information content (AvgIpc) is 3.33. The highest BCUT2D eigenvalue weighted by atomic mass is 19.1. The van der Waals surface area contributed by atoms with Crippen LogP contribution in [0.15, 0.2) is 55.0 Å². The van der Waals surface area contributed by atoms with Crippen molar-refractivity contribution in [3.8, 4) is 17.0 Å². The zero-order chi connectivity index (χ0) is 25.1. The van der Waals surface area contributed by atoms with Gasteiger partial charge in [0.2, 0.25) is 0 Å². The van der Waals surface area contributed by atoms with Crippen molar-refractivity contribution >= 4 is 23.1 Å². The Labute approximate surface area is 208 Å². The number of hydrogen-bond acceptors (Lipinski definition) is 6. The number of fused-ring (bicyclic) bond motifs is 1. The Bertz CT molecular complexity index is 1400. The molecule has 0 aliphatic carbocycles. The van der Waals surface area contributed by atoms with Gasteiger partial charge in [-0.2, -0.15) is 0 Å². The summed E-state index contributed by atoms with van der Waals surface area (Å²) in [5.41, 5.74) is 4.26. The molecule has 1 aliphatic heterocycles. The molecule has 0 bridgehead atoms. The number of nitrogens with zero attached hydrogens (tertiary/aromatic N) is 3. The van der Waals surface area contributed by atoms with E-state index in [4.69, 9.17) is 9.47 Å². The molecule has 36 heavy (non-hydrogen) atoms. The Balaban J connectivity index is 1.33. The minimum absolute atomic E-state index is 0.0885. The van der Waals surface area contributed by atoms with E-state index in [0.717, 1.165) is 36.4 Å². The first-order valence-electron chi connectivity index (χ1n) is 11.9. The summed E-state index contributed by atoms with van der Waals surface area (Å²) >= 11 is 0. The molecule has 1 fully saturated rings. The maximum Gasteiger partial charge on any atom is 0.251 e. The predicted molar refractivity (Wildman–Crippen MR) is 135 cm³/mol. The molecule has 5 rings (SSSR count). The summed E-state index contributed by atoms with van der Waals surface area (Å²) in [5, 5.41) is 6.33. The molecule has 4 aromatic rings. The van der Waals surface area contributed by atoms with E-state index in [-0.39, 0.29) is 11.7 Å². The molecule has 2 aromatic carbocycles. The summed E-state index contributed by atoms with van der Waals surface area (Å²) in [6.07, 6.45) is 7.23. The summed E-state index contributed by atoms with van der Waals surface area (Å²) < 4.78 is 26.6. The lowest BCUT2D eigenvalue weighted by Crippen LogP contribution is -2.33. The zero-order valence-corrected chi connectivity index (χ0v) is 20.3. The summed E-state index contributed by atoms with van der Waals surface area (Å²) in [7, 11) is 1.43. The molecule has 3 heterocycles. The number of carbonyl (C=O) groups excluding carboxylic acids is 1. The van der Waals surface area contributed by atoms with Gasteiger partial charge in [0.05, 0.1) is 25.6 Å². The second-order valence-electron chi connectivity index (χ2n) is 8.91. The van der Waals surface area contributed by atoms with Gasteiger partial charge in [0, 0.05) is 42.4 Å². The van der Waals surface area contributed by atoms with Crippen molar-refractivity contribution in [1.82, 2.24) is 19.7 Å². The molecule has 1 aliphatic rings. The third kappa shape index (κ3) is 4.87. The number of aromatic nitrogens is 3. The number of aryl methyl sites for hydroxylation is 1. The minimum atomic E-state index is -0.441. The SMILES string of the molecule is COc1ccc(-c2cnc3c(Nc4ccc(C(=O)NCC5CCCOC5)c(C)c4)nccn23)cc1F. The van der Waals surface area contributed by atoms with Gasteiger partial charge in [-0.1, -0.05) is 0 Å². The van der Waals surface area contributed by atoms with E-state index in [0.29, 0.717) is 41.7 Å². The van der Waals surface area contributed by atoms with Crippen LogP contribution in [0.3, 0.4) is 0 Å². The van der Waals surface area contributed by atoms with Crippen molar-refractivity contribution < 1.29 is 18.7 Å². The third-order valence-electron chi connectivity index (χ3n) is 6.42. The van der Waals surface area contributed by atoms with E-state index in [9.17, 15) is 9.18 Å². The second kappa shape index (κ2) is 10.3. The van der Waals surface area contributed by atoms with E-state index in [1.807, 2.05) is 29.5 Å². The molecule has 186 valence electrons. The van der Waals surface area contributed by atoms with Gasteiger partial charge in [0.1, 0.15) is 0 Å². The van der Waals surface area contributed by atoms with Gasteiger partial charge in [-0.15, -0.1) is 0 Å². The number of imidazole rings is 1. The smallest absolute Gasteiger partial charge is 0.251 e. The quantitative estimate of drug-likeness (QED) is 0.389. The van der Waals surface area contributed by atoms with Crippen molar-refractivity contribution in [3.05, 3.63) is 71.9 Å². The van der Waals surface area contributed by atoms with Gasteiger partial charge in [-0.25, -0.2) is 14.4 Å². The highest BCUT2D eigenvalue weighted by Gasteiger charge is 2.17. The summed E-state index contributed by atoms with van der Waals surface area (Å²) in [6, 6.07) is 10.4. The van der Waals surface area contributed by atoms with Gasteiger partial charge >= 0.3 is 0 Å². The predicted octanol–water partition coefficient (Wildman–Crippen LogP) is 4.75. The molecule has 9 heteroatoms. The second-order valence-corrected chi connectivity index (χ2v) is 8.91. The molecule has 0 radical (unpaired) electrons. The number of benzene rings is 2. The molecule has 0 saturated carbocycles. The summed E-state index contributed by atoms with van der Waals surface area (Å²) in [6.45, 7) is 4.03. The molecule has 1 atom stereocenters. The normalized spacial score (nSPS) is 15.6. The van der Waals surface area contributed by atoms with E-state index in [1.165, 1.54) is 13.2 Å². The fourth-order valence-corrected chi connectivity index (χ4v) is 4.48. The van der Waals surface area contributed by atoms with Gasteiger partial charge in [-0.05, 0) is 67.6 Å². The van der Waals surface area contributed by atoms with Crippen LogP contribution in [0.2, 0.25) is 0 Å². The van der Waals surface area contributed by atoms with Gasteiger partial charge in [0.15, 0.2) is 23.0 Å². The van der Waals surface area contributed by atoms with Crippen molar-refractivity contribution in [2.45, 2.75) is 19.8 Å². The molecule has 8 nitrogen and oxygen atoms in total. The zero-order valence-electron chi connectivity index (χ0n) is 20.3. The van der Waals surface area contributed by atoms with E-state index in [2.05, 4.69) is 20.6 Å². The Morgan fingerprint density at radius 2 is 2.14 bits per heavy atom. The number of nitrogens with one attached hydrogen (secondary N) is 2. The monoisotopic (exact) mass is 489 g/mol. The summed E-state index contributed by atoms with van der Waals surface area (Å²) in [5.74, 6) is 0.571. The van der Waals surface area contributed by atoms with Gasteiger partial charge < -0.3 is 20.1 Å². The van der Waals surface area contributed by atoms with Crippen LogP contribution in [0.25, 0.3) is 16.9 Å². The highest BCUT2D eigenvalue weighted by molar-refractivity contribution is 5.96. The first kappa shape index (κ1) is 23.7. The lowest BCUT2D eigenvalue weighted by Gasteiger charge is -2.22. The maximum absolute atomic E-state index is 14.3. The molecule has 1 unspecified atom stereocenters. The number of anilines is 2. The van der Waals surface area contributed by atoms with Gasteiger partial charge in [0.25, 0.3) is 5.91 Å². The topological polar surface area (TPSA) is 89.8 Å². The van der Waals surface area contributed by atoms with Crippen LogP contribution in [0, 0.1) is 18.7 Å². The van der Waals surface area contributed by atoms with Gasteiger partial charge in [-0.3, -0.25) is 9.20 Å². The Kier molecular flexibility index (Phi) is 6.81. The number of hydrogen-bond donors (Lipinski definition) is 2. The van der Waals surface area contributed by atoms with Crippen molar-refractivity contribution in [2.24, 2.45) is 5.92 Å². The molecular weight excluding hydrogens is 461 g/mol. The lowest BCUT2D eigenvalue weighted by molar-refractivity contribution is 0.0536. The molecule has 2 aromatic heterocycles. The number of methoxy groups -OCH3 is 1. The lowest BCUT2D eigenvalue weighted by atomic mass is 10.0. The minimum Gasteiger partial charge on any atom is -0.494 e. The highest BCUT2D eigenvalue weighted by Crippen LogP contribution is 2.28. The van der Waals surface area contributed by atoms with Crippen LogP contribution < -0.4 is 15.4 Å². The fraction of sp³-hybridized carbons (Fsp3) is 0.296. The van der Waals surface area contributed by atoms with Crippen molar-refractivity contribution in [3.63, 3.8) is 0 Å². The molecular formula is C27H28FN5O3. The third-order valence-corrected chi connectivity index (χ3v) is 6.42. The first-order chi connectivity index (χ1) is 17.5. The summed E-state index contributed by atoms with van der Waals surface area (Å²) in [4.78, 5) is 21.7. The van der Waals surface area contributed by atoms with E-state index in [1.54, 1.807) is 30.7 Å². The van der Waals surface area contributed by atoms with E-state index < -0.39 is 5.82 Å². The number of carbonyl (C=O) groups is 1. The van der Waals surface area contributed by atoms with Crippen LogP contribution in [0.4, 0.5) is 15.9 Å². The Morgan fingerprint density at radius 3 is 2.89 bits per heavy atom.